The van der Waals surface area contributed by atoms with Gasteiger partial charge in [-0.2, -0.15) is 0 Å². The monoisotopic (exact) mass is 481 g/mol. The fourth-order valence-electron chi connectivity index (χ4n) is 4.38. The number of fused-ring (bicyclic) bond motifs is 3. The number of carbonyl (C=O) groups is 1. The van der Waals surface area contributed by atoms with E-state index in [9.17, 15) is 4.79 Å². The summed E-state index contributed by atoms with van der Waals surface area (Å²) in [5.41, 5.74) is 8.54. The van der Waals surface area contributed by atoms with Gasteiger partial charge in [0.25, 0.3) is 0 Å². The largest absolute Gasteiger partial charge is 0.382 e. The Morgan fingerprint density at radius 2 is 1.86 bits per heavy atom. The van der Waals surface area contributed by atoms with Crippen LogP contribution in [0.5, 0.6) is 0 Å². The Morgan fingerprint density at radius 1 is 1.11 bits per heavy atom. The van der Waals surface area contributed by atoms with Gasteiger partial charge in [0, 0.05) is 43.3 Å². The van der Waals surface area contributed by atoms with E-state index in [0.717, 1.165) is 66.6 Å². The molecule has 0 bridgehead atoms. The van der Waals surface area contributed by atoms with Gasteiger partial charge < -0.3 is 20.4 Å². The number of carbonyl (C=O) groups excluding carboxylic acids is 1. The van der Waals surface area contributed by atoms with Crippen molar-refractivity contribution in [3.63, 3.8) is 0 Å². The number of amides is 1. The van der Waals surface area contributed by atoms with Crippen LogP contribution in [-0.2, 0) is 22.5 Å². The summed E-state index contributed by atoms with van der Waals surface area (Å²) in [7, 11) is 0. The molecule has 0 fully saturated rings. The number of imidazole rings is 1. The van der Waals surface area contributed by atoms with Crippen LogP contribution in [0.4, 0.5) is 5.82 Å². The van der Waals surface area contributed by atoms with Crippen LogP contribution >= 0.6 is 0 Å². The Morgan fingerprint density at radius 3 is 2.57 bits per heavy atom. The van der Waals surface area contributed by atoms with Crippen molar-refractivity contribution in [2.24, 2.45) is 5.41 Å². The summed E-state index contributed by atoms with van der Waals surface area (Å²) in [5.74, 6) is 1.56. The van der Waals surface area contributed by atoms with Crippen LogP contribution in [0, 0.1) is 5.41 Å². The van der Waals surface area contributed by atoms with Crippen LogP contribution in [0.15, 0.2) is 24.3 Å². The minimum absolute atomic E-state index is 0.0619. The van der Waals surface area contributed by atoms with Crippen LogP contribution < -0.4 is 11.1 Å². The van der Waals surface area contributed by atoms with E-state index < -0.39 is 0 Å². The maximum Gasteiger partial charge on any atom is 0.220 e. The number of nitrogen functional groups attached to an aromatic ring is 1. The number of nitrogens with zero attached hydrogens (tertiary/aromatic N) is 3. The van der Waals surface area contributed by atoms with Crippen molar-refractivity contribution in [2.45, 2.75) is 92.2 Å². The summed E-state index contributed by atoms with van der Waals surface area (Å²) >= 11 is 0. The van der Waals surface area contributed by atoms with Gasteiger partial charge in [-0.25, -0.2) is 9.97 Å². The number of hydrogen-bond donors (Lipinski definition) is 2. The zero-order chi connectivity index (χ0) is 25.6. The molecule has 3 aromatic rings. The van der Waals surface area contributed by atoms with Gasteiger partial charge in [0.1, 0.15) is 11.3 Å². The Labute approximate surface area is 209 Å². The van der Waals surface area contributed by atoms with E-state index in [1.807, 2.05) is 32.0 Å². The third kappa shape index (κ3) is 6.94. The highest BCUT2D eigenvalue weighted by atomic mass is 16.5. The summed E-state index contributed by atoms with van der Waals surface area (Å²) < 4.78 is 8.17. The Kier molecular flexibility index (Phi) is 8.75. The second kappa shape index (κ2) is 11.4. The fourth-order valence-corrected chi connectivity index (χ4v) is 4.38. The maximum absolute atomic E-state index is 12.6. The average Bonchev–Trinajstić information content (AvgIpc) is 3.17. The first-order valence-corrected chi connectivity index (χ1v) is 13.0. The van der Waals surface area contributed by atoms with Gasteiger partial charge in [-0.05, 0) is 39.2 Å². The molecule has 7 nitrogen and oxygen atoms in total. The SMILES string of the molecule is CCCCc1nc2c(N)nc3ccccc3c2n1CC(C)(C)CNC(=O)CCC(C)(C)OCCC. The predicted octanol–water partition coefficient (Wildman–Crippen LogP) is 5.64. The highest BCUT2D eigenvalue weighted by Gasteiger charge is 2.26. The zero-order valence-corrected chi connectivity index (χ0v) is 22.4. The van der Waals surface area contributed by atoms with E-state index in [1.54, 1.807) is 0 Å². The van der Waals surface area contributed by atoms with Gasteiger partial charge >= 0.3 is 0 Å². The number of para-hydroxylation sites is 1. The molecule has 0 saturated heterocycles. The molecule has 2 heterocycles. The maximum atomic E-state index is 12.6. The van der Waals surface area contributed by atoms with Crippen molar-refractivity contribution >= 4 is 33.7 Å². The van der Waals surface area contributed by atoms with Crippen molar-refractivity contribution in [1.82, 2.24) is 19.9 Å². The topological polar surface area (TPSA) is 95.1 Å². The minimum Gasteiger partial charge on any atom is -0.382 e. The van der Waals surface area contributed by atoms with Crippen LogP contribution in [-0.4, -0.2) is 39.2 Å². The van der Waals surface area contributed by atoms with E-state index in [0.29, 0.717) is 25.2 Å². The third-order valence-electron chi connectivity index (χ3n) is 6.44. The summed E-state index contributed by atoms with van der Waals surface area (Å²) in [6.07, 6.45) is 5.16. The quantitative estimate of drug-likeness (QED) is 0.329. The number of unbranched alkanes of at least 4 members (excludes halogenated alkanes) is 1. The van der Waals surface area contributed by atoms with Crippen LogP contribution in [0.1, 0.15) is 79.5 Å². The lowest BCUT2D eigenvalue weighted by molar-refractivity contribution is -0.123. The molecule has 192 valence electrons. The number of nitrogens with two attached hydrogens (primary N) is 1. The fraction of sp³-hybridized carbons (Fsp3) is 0.607. The highest BCUT2D eigenvalue weighted by molar-refractivity contribution is 6.06. The lowest BCUT2D eigenvalue weighted by atomic mass is 9.92. The molecular formula is C28H43N5O2. The molecule has 3 N–H and O–H groups in total. The summed E-state index contributed by atoms with van der Waals surface area (Å²) in [5, 5.41) is 4.21. The number of nitrogens with one attached hydrogen (secondary N) is 1. The number of hydrogen-bond acceptors (Lipinski definition) is 5. The van der Waals surface area contributed by atoms with Gasteiger partial charge in [-0.15, -0.1) is 0 Å². The van der Waals surface area contributed by atoms with E-state index in [4.69, 9.17) is 15.5 Å². The molecule has 7 heteroatoms. The molecular weight excluding hydrogens is 438 g/mol. The number of benzene rings is 1. The molecule has 35 heavy (non-hydrogen) atoms. The molecule has 2 aromatic heterocycles. The Bertz CT molecular complexity index is 1150. The first-order valence-electron chi connectivity index (χ1n) is 13.0. The number of pyridine rings is 1. The smallest absolute Gasteiger partial charge is 0.220 e. The van der Waals surface area contributed by atoms with Gasteiger partial charge in [0.15, 0.2) is 5.82 Å². The molecule has 0 aliphatic carbocycles. The molecule has 0 unspecified atom stereocenters. The molecule has 0 saturated carbocycles. The Balaban J connectivity index is 1.80. The minimum atomic E-state index is -0.290. The molecule has 0 aliphatic rings. The highest BCUT2D eigenvalue weighted by Crippen LogP contribution is 2.31. The van der Waals surface area contributed by atoms with Crippen molar-refractivity contribution in [3.05, 3.63) is 30.1 Å². The van der Waals surface area contributed by atoms with Gasteiger partial charge in [0.2, 0.25) is 5.91 Å². The first-order chi connectivity index (χ1) is 16.6. The summed E-state index contributed by atoms with van der Waals surface area (Å²) in [6.45, 7) is 14.8. The van der Waals surface area contributed by atoms with E-state index in [2.05, 4.69) is 48.6 Å². The Hall–Kier alpha value is -2.67. The average molecular weight is 482 g/mol. The van der Waals surface area contributed by atoms with Crippen molar-refractivity contribution in [1.29, 1.82) is 0 Å². The summed E-state index contributed by atoms with van der Waals surface area (Å²) in [4.78, 5) is 22.2. The molecule has 0 radical (unpaired) electrons. The van der Waals surface area contributed by atoms with Crippen LogP contribution in [0.25, 0.3) is 21.9 Å². The van der Waals surface area contributed by atoms with Crippen LogP contribution in [0.2, 0.25) is 0 Å². The van der Waals surface area contributed by atoms with Crippen molar-refractivity contribution in [2.75, 3.05) is 18.9 Å². The van der Waals surface area contributed by atoms with Gasteiger partial charge in [0.05, 0.1) is 16.6 Å². The number of ether oxygens (including phenoxy) is 1. The zero-order valence-electron chi connectivity index (χ0n) is 22.4. The second-order valence-corrected chi connectivity index (χ2v) is 11.0. The molecule has 1 aromatic carbocycles. The standard InChI is InChI=1S/C28H43N5O2/c1-7-9-14-22-32-24-25(20-12-10-11-13-21(20)31-26(24)29)33(22)19-27(3,4)18-30-23(34)15-16-28(5,6)35-17-8-2/h10-13H,7-9,14-19H2,1-6H3,(H2,29,31)(H,30,34). The number of rotatable bonds is 13. The number of aryl methyl sites for hydroxylation is 1. The molecule has 3 rings (SSSR count). The summed E-state index contributed by atoms with van der Waals surface area (Å²) in [6, 6.07) is 8.08. The third-order valence-corrected chi connectivity index (χ3v) is 6.44. The van der Waals surface area contributed by atoms with Crippen molar-refractivity contribution < 1.29 is 9.53 Å². The predicted molar refractivity (Wildman–Crippen MR) is 144 cm³/mol. The van der Waals surface area contributed by atoms with Gasteiger partial charge in [-0.3, -0.25) is 4.79 Å². The van der Waals surface area contributed by atoms with Crippen LogP contribution in [0.3, 0.4) is 0 Å². The molecule has 0 spiro atoms. The molecule has 0 atom stereocenters. The lowest BCUT2D eigenvalue weighted by Crippen LogP contribution is -2.37. The molecule has 0 aliphatic heterocycles. The first kappa shape index (κ1) is 26.9. The molecule has 1 amide bonds. The van der Waals surface area contributed by atoms with Crippen molar-refractivity contribution in [3.8, 4) is 0 Å². The van der Waals surface area contributed by atoms with E-state index in [-0.39, 0.29) is 16.9 Å². The normalized spacial score (nSPS) is 12.5. The number of anilines is 1. The van der Waals surface area contributed by atoms with E-state index in [1.165, 1.54) is 0 Å². The van der Waals surface area contributed by atoms with E-state index >= 15 is 0 Å². The van der Waals surface area contributed by atoms with Gasteiger partial charge in [-0.1, -0.05) is 52.3 Å². The lowest BCUT2D eigenvalue weighted by Gasteiger charge is -2.28. The second-order valence-electron chi connectivity index (χ2n) is 11.0. The number of aromatic nitrogens is 3.